The van der Waals surface area contributed by atoms with E-state index in [-0.39, 0.29) is 4.90 Å². The van der Waals surface area contributed by atoms with E-state index < -0.39 is 39.5 Å². The van der Waals surface area contributed by atoms with Gasteiger partial charge in [-0.2, -0.15) is 0 Å². The van der Waals surface area contributed by atoms with Crippen molar-refractivity contribution in [1.82, 2.24) is 4.72 Å². The van der Waals surface area contributed by atoms with E-state index in [4.69, 9.17) is 4.74 Å². The molecular weight excluding hydrogens is 420 g/mol. The van der Waals surface area contributed by atoms with Crippen molar-refractivity contribution in [3.8, 4) is 5.75 Å². The molecule has 0 spiro atoms. The molecule has 25 heavy (non-hydrogen) atoms. The van der Waals surface area contributed by atoms with E-state index in [1.165, 1.54) is 18.2 Å². The van der Waals surface area contributed by atoms with Crippen molar-refractivity contribution in [2.75, 3.05) is 6.61 Å². The summed E-state index contributed by atoms with van der Waals surface area (Å²) in [6, 6.07) is 7.09. The van der Waals surface area contributed by atoms with Crippen LogP contribution in [-0.2, 0) is 21.2 Å². The first kappa shape index (κ1) is 19.3. The second-order valence-corrected chi connectivity index (χ2v) is 7.47. The maximum atomic E-state index is 13.5. The Morgan fingerprint density at radius 2 is 1.84 bits per heavy atom. The van der Waals surface area contributed by atoms with Crippen LogP contribution >= 0.6 is 15.9 Å². The molecule has 0 unspecified atom stereocenters. The molecule has 2 aromatic carbocycles. The summed E-state index contributed by atoms with van der Waals surface area (Å²) in [5, 5.41) is 0. The fourth-order valence-corrected chi connectivity index (χ4v) is 3.68. The molecule has 0 aromatic heterocycles. The van der Waals surface area contributed by atoms with Crippen molar-refractivity contribution in [3.63, 3.8) is 0 Å². The van der Waals surface area contributed by atoms with Crippen molar-refractivity contribution in [1.29, 1.82) is 0 Å². The molecule has 2 aromatic rings. The Hall–Kier alpha value is -2.00. The van der Waals surface area contributed by atoms with E-state index in [0.717, 1.165) is 18.2 Å². The van der Waals surface area contributed by atoms with Gasteiger partial charge in [0.1, 0.15) is 17.4 Å². The Kier molecular flexibility index (Phi) is 6.12. The average molecular weight is 434 g/mol. The number of halogens is 3. The number of rotatable bonds is 6. The normalized spacial score (nSPS) is 11.2. The first-order valence-electron chi connectivity index (χ1n) is 7.15. The fraction of sp³-hybridized carbons (Fsp3) is 0.188. The lowest BCUT2D eigenvalue weighted by Gasteiger charge is -2.10. The molecule has 5 nitrogen and oxygen atoms in total. The van der Waals surface area contributed by atoms with Gasteiger partial charge >= 0.3 is 0 Å². The van der Waals surface area contributed by atoms with Gasteiger partial charge in [0.25, 0.3) is 10.0 Å². The highest BCUT2D eigenvalue weighted by molar-refractivity contribution is 9.10. The van der Waals surface area contributed by atoms with Crippen molar-refractivity contribution in [3.05, 3.63) is 58.1 Å². The molecule has 2 rings (SSSR count). The number of benzene rings is 2. The topological polar surface area (TPSA) is 72.5 Å². The van der Waals surface area contributed by atoms with Gasteiger partial charge in [-0.1, -0.05) is 6.07 Å². The highest BCUT2D eigenvalue weighted by Crippen LogP contribution is 2.27. The van der Waals surface area contributed by atoms with Gasteiger partial charge in [0.15, 0.2) is 0 Å². The minimum atomic E-state index is -4.19. The van der Waals surface area contributed by atoms with Crippen LogP contribution in [0.15, 0.2) is 45.8 Å². The minimum Gasteiger partial charge on any atom is -0.493 e. The third-order valence-corrected chi connectivity index (χ3v) is 5.15. The van der Waals surface area contributed by atoms with Gasteiger partial charge in [-0.05, 0) is 53.2 Å². The minimum absolute atomic E-state index is 0.190. The number of amides is 1. The number of carbonyl (C=O) groups excluding carboxylic acids is 1. The lowest BCUT2D eigenvalue weighted by molar-refractivity contribution is -0.118. The van der Waals surface area contributed by atoms with Crippen LogP contribution in [-0.4, -0.2) is 20.9 Å². The summed E-state index contributed by atoms with van der Waals surface area (Å²) in [5.74, 6) is -2.44. The van der Waals surface area contributed by atoms with Gasteiger partial charge in [0, 0.05) is 5.56 Å². The molecule has 0 aliphatic carbocycles. The standard InChI is InChI=1S/C16H14BrF2NO4S/c1-2-24-15-7-6-10(8-12(15)17)25(22,23)20-16(21)9-11-13(18)4-3-5-14(11)19/h3-8H,2,9H2,1H3,(H,20,21). The number of hydrogen-bond donors (Lipinski definition) is 1. The predicted molar refractivity (Wildman–Crippen MR) is 90.7 cm³/mol. The summed E-state index contributed by atoms with van der Waals surface area (Å²) in [4.78, 5) is 11.7. The highest BCUT2D eigenvalue weighted by Gasteiger charge is 2.21. The van der Waals surface area contributed by atoms with Crippen molar-refractivity contribution in [2.24, 2.45) is 0 Å². The number of nitrogens with one attached hydrogen (secondary N) is 1. The van der Waals surface area contributed by atoms with Crippen LogP contribution in [0.1, 0.15) is 12.5 Å². The first-order valence-corrected chi connectivity index (χ1v) is 9.43. The van der Waals surface area contributed by atoms with Crippen LogP contribution in [0, 0.1) is 11.6 Å². The zero-order chi connectivity index (χ0) is 18.6. The van der Waals surface area contributed by atoms with Gasteiger partial charge in [-0.25, -0.2) is 21.9 Å². The molecule has 134 valence electrons. The molecule has 1 N–H and O–H groups in total. The second-order valence-electron chi connectivity index (χ2n) is 4.93. The Labute approximate surface area is 152 Å². The maximum Gasteiger partial charge on any atom is 0.264 e. The zero-order valence-electron chi connectivity index (χ0n) is 13.1. The smallest absolute Gasteiger partial charge is 0.264 e. The van der Waals surface area contributed by atoms with Crippen LogP contribution in [0.5, 0.6) is 5.75 Å². The van der Waals surface area contributed by atoms with Crippen LogP contribution in [0.4, 0.5) is 8.78 Å². The van der Waals surface area contributed by atoms with Crippen LogP contribution in [0.2, 0.25) is 0 Å². The van der Waals surface area contributed by atoms with E-state index in [1.54, 1.807) is 11.6 Å². The molecular formula is C16H14BrF2NO4S. The summed E-state index contributed by atoms with van der Waals surface area (Å²) in [6.07, 6.45) is -0.740. The molecule has 0 heterocycles. The SMILES string of the molecule is CCOc1ccc(S(=O)(=O)NC(=O)Cc2c(F)cccc2F)cc1Br. The Morgan fingerprint density at radius 3 is 2.40 bits per heavy atom. The molecule has 0 atom stereocenters. The molecule has 0 bridgehead atoms. The van der Waals surface area contributed by atoms with Crippen molar-refractivity contribution < 1.29 is 26.7 Å². The summed E-state index contributed by atoms with van der Waals surface area (Å²) < 4.78 is 59.0. The summed E-state index contributed by atoms with van der Waals surface area (Å²) >= 11 is 3.18. The molecule has 0 saturated heterocycles. The predicted octanol–water partition coefficient (Wildman–Crippen LogP) is 3.17. The van der Waals surface area contributed by atoms with E-state index in [2.05, 4.69) is 15.9 Å². The lowest BCUT2D eigenvalue weighted by atomic mass is 10.1. The second kappa shape index (κ2) is 7.92. The van der Waals surface area contributed by atoms with Gasteiger partial charge in [0.05, 0.1) is 22.4 Å². The highest BCUT2D eigenvalue weighted by atomic mass is 79.9. The van der Waals surface area contributed by atoms with Gasteiger partial charge in [-0.15, -0.1) is 0 Å². The average Bonchev–Trinajstić information content (AvgIpc) is 2.52. The molecule has 0 radical (unpaired) electrons. The van der Waals surface area contributed by atoms with E-state index >= 15 is 0 Å². The van der Waals surface area contributed by atoms with Crippen LogP contribution in [0.3, 0.4) is 0 Å². The Balaban J connectivity index is 2.18. The number of hydrogen-bond acceptors (Lipinski definition) is 4. The van der Waals surface area contributed by atoms with Crippen molar-refractivity contribution >= 4 is 31.9 Å². The Morgan fingerprint density at radius 1 is 1.20 bits per heavy atom. The molecule has 0 saturated carbocycles. The van der Waals surface area contributed by atoms with Crippen molar-refractivity contribution in [2.45, 2.75) is 18.2 Å². The number of ether oxygens (including phenoxy) is 1. The largest absolute Gasteiger partial charge is 0.493 e. The fourth-order valence-electron chi connectivity index (χ4n) is 2.03. The van der Waals surface area contributed by atoms with Crippen LogP contribution < -0.4 is 9.46 Å². The molecule has 1 amide bonds. The van der Waals surface area contributed by atoms with E-state index in [1.807, 2.05) is 0 Å². The first-order chi connectivity index (χ1) is 11.7. The van der Waals surface area contributed by atoms with Gasteiger partial charge in [-0.3, -0.25) is 4.79 Å². The number of carbonyl (C=O) groups is 1. The monoisotopic (exact) mass is 433 g/mol. The number of sulfonamides is 1. The molecule has 9 heteroatoms. The molecule has 0 fully saturated rings. The third-order valence-electron chi connectivity index (χ3n) is 3.16. The van der Waals surface area contributed by atoms with E-state index in [9.17, 15) is 22.0 Å². The summed E-state index contributed by atoms with van der Waals surface area (Å²) in [7, 11) is -4.19. The molecule has 0 aliphatic heterocycles. The summed E-state index contributed by atoms with van der Waals surface area (Å²) in [6.45, 7) is 2.18. The van der Waals surface area contributed by atoms with Crippen LogP contribution in [0.25, 0.3) is 0 Å². The zero-order valence-corrected chi connectivity index (χ0v) is 15.5. The Bertz CT molecular complexity index is 883. The molecule has 0 aliphatic rings. The quantitative estimate of drug-likeness (QED) is 0.759. The lowest BCUT2D eigenvalue weighted by Crippen LogP contribution is -2.32. The van der Waals surface area contributed by atoms with E-state index in [0.29, 0.717) is 16.8 Å². The maximum absolute atomic E-state index is 13.5. The third kappa shape index (κ3) is 4.76. The van der Waals surface area contributed by atoms with Gasteiger partial charge in [0.2, 0.25) is 5.91 Å². The van der Waals surface area contributed by atoms with Gasteiger partial charge < -0.3 is 4.74 Å². The summed E-state index contributed by atoms with van der Waals surface area (Å²) in [5.41, 5.74) is -0.497.